The normalized spacial score (nSPS) is 15.0. The highest BCUT2D eigenvalue weighted by atomic mass is 16.2. The van der Waals surface area contributed by atoms with Crippen molar-refractivity contribution in [1.29, 1.82) is 0 Å². The monoisotopic (exact) mass is 317 g/mol. The van der Waals surface area contributed by atoms with E-state index in [-0.39, 0.29) is 11.9 Å². The first-order valence-electron chi connectivity index (χ1n) is 8.47. The first-order chi connectivity index (χ1) is 11.1. The molecule has 1 aromatic rings. The summed E-state index contributed by atoms with van der Waals surface area (Å²) in [5.74, 6) is 0.0341. The van der Waals surface area contributed by atoms with Gasteiger partial charge in [0.25, 0.3) is 0 Å². The van der Waals surface area contributed by atoms with E-state index >= 15 is 0 Å². The van der Waals surface area contributed by atoms with E-state index in [1.807, 2.05) is 30.3 Å². The summed E-state index contributed by atoms with van der Waals surface area (Å²) in [7, 11) is 1.79. The zero-order chi connectivity index (χ0) is 16.5. The van der Waals surface area contributed by atoms with Crippen molar-refractivity contribution in [2.75, 3.05) is 13.6 Å². The van der Waals surface area contributed by atoms with Gasteiger partial charge in [0, 0.05) is 32.6 Å². The summed E-state index contributed by atoms with van der Waals surface area (Å²) in [6.45, 7) is 0.963. The van der Waals surface area contributed by atoms with Crippen molar-refractivity contribution in [3.63, 3.8) is 0 Å². The van der Waals surface area contributed by atoms with Crippen molar-refractivity contribution in [2.24, 2.45) is 0 Å². The highest BCUT2D eigenvalue weighted by Crippen LogP contribution is 2.17. The average molecular weight is 317 g/mol. The maximum absolute atomic E-state index is 12.1. The van der Waals surface area contributed by atoms with Crippen molar-refractivity contribution < 1.29 is 9.59 Å². The lowest BCUT2D eigenvalue weighted by Gasteiger charge is -2.23. The van der Waals surface area contributed by atoms with E-state index in [4.69, 9.17) is 0 Å². The van der Waals surface area contributed by atoms with Gasteiger partial charge in [0.05, 0.1) is 0 Å². The van der Waals surface area contributed by atoms with Crippen LogP contribution in [-0.2, 0) is 11.3 Å². The molecule has 0 saturated heterocycles. The van der Waals surface area contributed by atoms with Gasteiger partial charge in [-0.05, 0) is 18.4 Å². The Morgan fingerprint density at radius 1 is 1.13 bits per heavy atom. The number of nitrogens with one attached hydrogen (secondary N) is 2. The van der Waals surface area contributed by atoms with Gasteiger partial charge in [-0.1, -0.05) is 49.6 Å². The molecule has 0 unspecified atom stereocenters. The molecule has 0 heterocycles. The van der Waals surface area contributed by atoms with Gasteiger partial charge in [-0.3, -0.25) is 4.79 Å². The van der Waals surface area contributed by atoms with Crippen LogP contribution in [0.15, 0.2) is 30.3 Å². The van der Waals surface area contributed by atoms with Crippen LogP contribution in [0.4, 0.5) is 4.79 Å². The van der Waals surface area contributed by atoms with E-state index < -0.39 is 0 Å². The fraction of sp³-hybridized carbons (Fsp3) is 0.556. The molecule has 1 fully saturated rings. The molecule has 1 aromatic carbocycles. The van der Waals surface area contributed by atoms with Crippen LogP contribution in [0.2, 0.25) is 0 Å². The fourth-order valence-corrected chi connectivity index (χ4v) is 2.90. The number of hydrogen-bond acceptors (Lipinski definition) is 2. The Morgan fingerprint density at radius 3 is 2.52 bits per heavy atom. The molecule has 1 aliphatic carbocycles. The predicted molar refractivity (Wildman–Crippen MR) is 90.9 cm³/mol. The van der Waals surface area contributed by atoms with E-state index in [0.29, 0.717) is 25.6 Å². The first-order valence-corrected chi connectivity index (χ1v) is 8.47. The Kier molecular flexibility index (Phi) is 6.91. The van der Waals surface area contributed by atoms with Crippen LogP contribution >= 0.6 is 0 Å². The zero-order valence-corrected chi connectivity index (χ0v) is 13.9. The van der Waals surface area contributed by atoms with Crippen LogP contribution < -0.4 is 10.6 Å². The van der Waals surface area contributed by atoms with Gasteiger partial charge < -0.3 is 15.5 Å². The quantitative estimate of drug-likeness (QED) is 0.847. The van der Waals surface area contributed by atoms with Crippen LogP contribution in [0, 0.1) is 0 Å². The molecule has 3 amide bonds. The van der Waals surface area contributed by atoms with Gasteiger partial charge in [-0.25, -0.2) is 4.79 Å². The van der Waals surface area contributed by atoms with Gasteiger partial charge in [-0.15, -0.1) is 0 Å². The second-order valence-electron chi connectivity index (χ2n) is 6.22. The number of carbonyl (C=O) groups excluding carboxylic acids is 2. The predicted octanol–water partition coefficient (Wildman–Crippen LogP) is 2.67. The Labute approximate surface area is 138 Å². The maximum Gasteiger partial charge on any atom is 0.315 e. The highest BCUT2D eigenvalue weighted by Gasteiger charge is 2.15. The number of amides is 3. The third-order valence-corrected chi connectivity index (χ3v) is 4.25. The smallest absolute Gasteiger partial charge is 0.315 e. The standard InChI is InChI=1S/C18H27N3O2/c1-21(14-15-8-4-2-5-9-15)17(22)12-13-19-18(23)20-16-10-6-3-7-11-16/h2,4-5,8-9,16H,3,6-7,10-14H2,1H3,(H2,19,20,23). The molecule has 0 atom stereocenters. The zero-order valence-electron chi connectivity index (χ0n) is 13.9. The lowest BCUT2D eigenvalue weighted by Crippen LogP contribution is -2.43. The average Bonchev–Trinajstić information content (AvgIpc) is 2.56. The number of hydrogen-bond donors (Lipinski definition) is 2. The molecule has 23 heavy (non-hydrogen) atoms. The summed E-state index contributed by atoms with van der Waals surface area (Å²) in [5, 5.41) is 5.77. The minimum atomic E-state index is -0.157. The molecule has 0 spiro atoms. The summed E-state index contributed by atoms with van der Waals surface area (Å²) in [6, 6.07) is 10.0. The molecule has 0 bridgehead atoms. The van der Waals surface area contributed by atoms with Crippen molar-refractivity contribution in [2.45, 2.75) is 51.1 Å². The van der Waals surface area contributed by atoms with Crippen molar-refractivity contribution in [3.05, 3.63) is 35.9 Å². The number of benzene rings is 1. The van der Waals surface area contributed by atoms with Crippen LogP contribution in [0.3, 0.4) is 0 Å². The second kappa shape index (κ2) is 9.18. The number of carbonyl (C=O) groups is 2. The summed E-state index contributed by atoms with van der Waals surface area (Å²) < 4.78 is 0. The Balaban J connectivity index is 1.62. The molecule has 1 aliphatic rings. The third-order valence-electron chi connectivity index (χ3n) is 4.25. The number of nitrogens with zero attached hydrogens (tertiary/aromatic N) is 1. The van der Waals surface area contributed by atoms with Crippen LogP contribution in [-0.4, -0.2) is 36.5 Å². The van der Waals surface area contributed by atoms with Gasteiger partial charge in [0.1, 0.15) is 0 Å². The molecule has 5 heteroatoms. The summed E-state index contributed by atoms with van der Waals surface area (Å²) in [5.41, 5.74) is 1.10. The number of rotatable bonds is 6. The van der Waals surface area contributed by atoms with Crippen molar-refractivity contribution >= 4 is 11.9 Å². The number of urea groups is 1. The highest BCUT2D eigenvalue weighted by molar-refractivity contribution is 5.78. The van der Waals surface area contributed by atoms with Crippen molar-refractivity contribution in [1.82, 2.24) is 15.5 Å². The minimum Gasteiger partial charge on any atom is -0.341 e. The van der Waals surface area contributed by atoms with E-state index in [0.717, 1.165) is 18.4 Å². The van der Waals surface area contributed by atoms with E-state index in [2.05, 4.69) is 10.6 Å². The minimum absolute atomic E-state index is 0.0341. The molecule has 0 aromatic heterocycles. The first kappa shape index (κ1) is 17.3. The molecule has 2 N–H and O–H groups in total. The SMILES string of the molecule is CN(Cc1ccccc1)C(=O)CCNC(=O)NC1CCCCC1. The molecule has 0 radical (unpaired) electrons. The maximum atomic E-state index is 12.1. The topological polar surface area (TPSA) is 61.4 Å². The lowest BCUT2D eigenvalue weighted by atomic mass is 9.96. The third kappa shape index (κ3) is 6.30. The molecular formula is C18H27N3O2. The molecule has 2 rings (SSSR count). The Bertz CT molecular complexity index is 498. The molecule has 1 saturated carbocycles. The van der Waals surface area contributed by atoms with Crippen LogP contribution in [0.5, 0.6) is 0 Å². The van der Waals surface area contributed by atoms with Gasteiger partial charge in [0.15, 0.2) is 0 Å². The van der Waals surface area contributed by atoms with Gasteiger partial charge in [0.2, 0.25) is 5.91 Å². The van der Waals surface area contributed by atoms with E-state index in [1.54, 1.807) is 11.9 Å². The van der Waals surface area contributed by atoms with E-state index in [9.17, 15) is 9.59 Å². The van der Waals surface area contributed by atoms with Crippen LogP contribution in [0.1, 0.15) is 44.1 Å². The summed E-state index contributed by atoms with van der Waals surface area (Å²) >= 11 is 0. The molecule has 0 aliphatic heterocycles. The lowest BCUT2D eigenvalue weighted by molar-refractivity contribution is -0.130. The molecule has 126 valence electrons. The fourth-order valence-electron chi connectivity index (χ4n) is 2.90. The van der Waals surface area contributed by atoms with Crippen LogP contribution in [0.25, 0.3) is 0 Å². The Hall–Kier alpha value is -2.04. The van der Waals surface area contributed by atoms with Crippen molar-refractivity contribution in [3.8, 4) is 0 Å². The molecule has 5 nitrogen and oxygen atoms in total. The van der Waals surface area contributed by atoms with Gasteiger partial charge in [-0.2, -0.15) is 0 Å². The van der Waals surface area contributed by atoms with Gasteiger partial charge >= 0.3 is 6.03 Å². The van der Waals surface area contributed by atoms with E-state index in [1.165, 1.54) is 19.3 Å². The Morgan fingerprint density at radius 2 is 1.83 bits per heavy atom. The largest absolute Gasteiger partial charge is 0.341 e. The summed E-state index contributed by atoms with van der Waals surface area (Å²) in [4.78, 5) is 25.6. The second-order valence-corrected chi connectivity index (χ2v) is 6.22. The molecular weight excluding hydrogens is 290 g/mol. The summed E-state index contributed by atoms with van der Waals surface area (Å²) in [6.07, 6.45) is 6.09.